The van der Waals surface area contributed by atoms with Gasteiger partial charge >= 0.3 is 0 Å². The van der Waals surface area contributed by atoms with Crippen LogP contribution in [0.15, 0.2) is 42.6 Å². The summed E-state index contributed by atoms with van der Waals surface area (Å²) in [6, 6.07) is 11.3. The second-order valence-electron chi connectivity index (χ2n) is 6.23. The molecule has 0 bridgehead atoms. The van der Waals surface area contributed by atoms with Crippen LogP contribution in [0, 0.1) is 0 Å². The van der Waals surface area contributed by atoms with Crippen LogP contribution in [0.5, 0.6) is 5.75 Å². The van der Waals surface area contributed by atoms with Gasteiger partial charge < -0.3 is 14.5 Å². The number of hydrogen-bond acceptors (Lipinski definition) is 4. The molecule has 4 rings (SSSR count). The van der Waals surface area contributed by atoms with Gasteiger partial charge in [-0.15, -0.1) is 0 Å². The van der Waals surface area contributed by atoms with Gasteiger partial charge in [0.1, 0.15) is 5.75 Å². The van der Waals surface area contributed by atoms with Crippen LogP contribution in [0.3, 0.4) is 0 Å². The second kappa shape index (κ2) is 6.88. The van der Waals surface area contributed by atoms with E-state index in [4.69, 9.17) is 16.3 Å². The van der Waals surface area contributed by atoms with Crippen LogP contribution in [0.1, 0.15) is 10.4 Å². The molecular formula is C19H19ClN4O2. The lowest BCUT2D eigenvalue weighted by Gasteiger charge is -2.36. The molecule has 1 aliphatic heterocycles. The molecule has 0 radical (unpaired) electrons. The van der Waals surface area contributed by atoms with Gasteiger partial charge in [-0.3, -0.25) is 9.89 Å². The van der Waals surface area contributed by atoms with Crippen molar-refractivity contribution in [3.63, 3.8) is 0 Å². The molecule has 1 saturated heterocycles. The number of nitrogens with one attached hydrogen (secondary N) is 1. The summed E-state index contributed by atoms with van der Waals surface area (Å²) >= 11 is 6.35. The normalized spacial score (nSPS) is 14.7. The molecule has 0 saturated carbocycles. The summed E-state index contributed by atoms with van der Waals surface area (Å²) in [4.78, 5) is 17.0. The van der Waals surface area contributed by atoms with Crippen LogP contribution < -0.4 is 9.64 Å². The number of aromatic nitrogens is 2. The standard InChI is InChI=1S/C19H19ClN4O2/c1-26-13-5-6-16(20)18(11-13)23-7-9-24(10-8-23)19(25)14-3-2-4-17-15(14)12-21-22-17/h2-6,11-12H,7-10H2,1H3,(H,21,22). The zero-order valence-electron chi connectivity index (χ0n) is 14.4. The topological polar surface area (TPSA) is 61.5 Å². The Labute approximate surface area is 156 Å². The molecule has 7 heteroatoms. The minimum absolute atomic E-state index is 0.0355. The minimum Gasteiger partial charge on any atom is -0.497 e. The fourth-order valence-electron chi connectivity index (χ4n) is 3.34. The maximum Gasteiger partial charge on any atom is 0.254 e. The highest BCUT2D eigenvalue weighted by Crippen LogP contribution is 2.31. The van der Waals surface area contributed by atoms with E-state index in [0.717, 1.165) is 35.4 Å². The van der Waals surface area contributed by atoms with Crippen LogP contribution in [0.25, 0.3) is 10.9 Å². The number of rotatable bonds is 3. The minimum atomic E-state index is 0.0355. The number of nitrogens with zero attached hydrogens (tertiary/aromatic N) is 3. The predicted molar refractivity (Wildman–Crippen MR) is 102 cm³/mol. The van der Waals surface area contributed by atoms with E-state index in [0.29, 0.717) is 23.7 Å². The van der Waals surface area contributed by atoms with E-state index in [1.807, 2.05) is 41.3 Å². The summed E-state index contributed by atoms with van der Waals surface area (Å²) in [5.74, 6) is 0.808. The van der Waals surface area contributed by atoms with E-state index < -0.39 is 0 Å². The molecule has 0 aliphatic carbocycles. The van der Waals surface area contributed by atoms with Crippen LogP contribution >= 0.6 is 11.6 Å². The Morgan fingerprint density at radius 3 is 2.77 bits per heavy atom. The quantitative estimate of drug-likeness (QED) is 0.769. The smallest absolute Gasteiger partial charge is 0.254 e. The van der Waals surface area contributed by atoms with Crippen molar-refractivity contribution in [3.8, 4) is 5.75 Å². The zero-order valence-corrected chi connectivity index (χ0v) is 15.2. The van der Waals surface area contributed by atoms with Crippen molar-refractivity contribution in [2.24, 2.45) is 0 Å². The first-order chi connectivity index (χ1) is 12.7. The molecule has 134 valence electrons. The molecule has 2 heterocycles. The van der Waals surface area contributed by atoms with Crippen molar-refractivity contribution in [2.45, 2.75) is 0 Å². The van der Waals surface area contributed by atoms with Crippen molar-refractivity contribution in [1.29, 1.82) is 0 Å². The fourth-order valence-corrected chi connectivity index (χ4v) is 3.57. The second-order valence-corrected chi connectivity index (χ2v) is 6.64. The molecule has 1 aliphatic rings. The molecule has 3 aromatic rings. The number of aromatic amines is 1. The summed E-state index contributed by atoms with van der Waals surface area (Å²) in [6.07, 6.45) is 1.70. The van der Waals surface area contributed by atoms with Gasteiger partial charge in [-0.05, 0) is 24.3 Å². The van der Waals surface area contributed by atoms with E-state index in [-0.39, 0.29) is 5.91 Å². The maximum atomic E-state index is 12.9. The average Bonchev–Trinajstić information content (AvgIpc) is 3.17. The molecule has 1 N–H and O–H groups in total. The van der Waals surface area contributed by atoms with Gasteiger partial charge in [-0.2, -0.15) is 5.10 Å². The molecule has 1 fully saturated rings. The number of halogens is 1. The molecule has 1 aromatic heterocycles. The van der Waals surface area contributed by atoms with E-state index in [1.54, 1.807) is 13.3 Å². The number of fused-ring (bicyclic) bond motifs is 1. The molecule has 0 spiro atoms. The van der Waals surface area contributed by atoms with Gasteiger partial charge in [-0.25, -0.2) is 0 Å². The van der Waals surface area contributed by atoms with E-state index in [2.05, 4.69) is 15.1 Å². The largest absolute Gasteiger partial charge is 0.497 e. The Morgan fingerprint density at radius 1 is 1.19 bits per heavy atom. The maximum absolute atomic E-state index is 12.9. The number of hydrogen-bond donors (Lipinski definition) is 1. The highest BCUT2D eigenvalue weighted by atomic mass is 35.5. The Morgan fingerprint density at radius 2 is 2.00 bits per heavy atom. The van der Waals surface area contributed by atoms with E-state index in [9.17, 15) is 4.79 Å². The number of ether oxygens (including phenoxy) is 1. The molecule has 0 atom stereocenters. The van der Waals surface area contributed by atoms with Gasteiger partial charge in [-0.1, -0.05) is 17.7 Å². The molecular weight excluding hydrogens is 352 g/mol. The molecule has 26 heavy (non-hydrogen) atoms. The lowest BCUT2D eigenvalue weighted by atomic mass is 10.1. The third-order valence-corrected chi connectivity index (χ3v) is 5.10. The number of piperazine rings is 1. The lowest BCUT2D eigenvalue weighted by molar-refractivity contribution is 0.0749. The van der Waals surface area contributed by atoms with Crippen molar-refractivity contribution < 1.29 is 9.53 Å². The molecule has 6 nitrogen and oxygen atoms in total. The van der Waals surface area contributed by atoms with Crippen LogP contribution in [-0.2, 0) is 0 Å². The Bertz CT molecular complexity index is 948. The third-order valence-electron chi connectivity index (χ3n) is 4.78. The van der Waals surface area contributed by atoms with Gasteiger partial charge in [0, 0.05) is 37.6 Å². The summed E-state index contributed by atoms with van der Waals surface area (Å²) in [7, 11) is 1.64. The van der Waals surface area contributed by atoms with Crippen LogP contribution in [0.2, 0.25) is 5.02 Å². The van der Waals surface area contributed by atoms with Crippen molar-refractivity contribution in [3.05, 3.63) is 53.2 Å². The summed E-state index contributed by atoms with van der Waals surface area (Å²) in [6.45, 7) is 2.72. The first-order valence-electron chi connectivity index (χ1n) is 8.47. The number of H-pyrrole nitrogens is 1. The van der Waals surface area contributed by atoms with Crippen molar-refractivity contribution in [2.75, 3.05) is 38.2 Å². The molecule has 0 unspecified atom stereocenters. The monoisotopic (exact) mass is 370 g/mol. The SMILES string of the molecule is COc1ccc(Cl)c(N2CCN(C(=O)c3cccc4[nH]ncc34)CC2)c1. The van der Waals surface area contributed by atoms with Gasteiger partial charge in [0.25, 0.3) is 5.91 Å². The third kappa shape index (κ3) is 2.97. The fraction of sp³-hybridized carbons (Fsp3) is 0.263. The molecule has 2 aromatic carbocycles. The van der Waals surface area contributed by atoms with Crippen molar-refractivity contribution >= 4 is 34.1 Å². The number of carbonyl (C=O) groups excluding carboxylic acids is 1. The average molecular weight is 371 g/mol. The lowest BCUT2D eigenvalue weighted by Crippen LogP contribution is -2.48. The Balaban J connectivity index is 1.50. The predicted octanol–water partition coefficient (Wildman–Crippen LogP) is 3.19. The Kier molecular flexibility index (Phi) is 4.42. The number of benzene rings is 2. The highest BCUT2D eigenvalue weighted by Gasteiger charge is 2.24. The van der Waals surface area contributed by atoms with E-state index in [1.165, 1.54) is 0 Å². The van der Waals surface area contributed by atoms with Gasteiger partial charge in [0.05, 0.1) is 35.1 Å². The van der Waals surface area contributed by atoms with E-state index >= 15 is 0 Å². The first-order valence-corrected chi connectivity index (χ1v) is 8.85. The van der Waals surface area contributed by atoms with Crippen molar-refractivity contribution in [1.82, 2.24) is 15.1 Å². The molecule has 1 amide bonds. The summed E-state index contributed by atoms with van der Waals surface area (Å²) in [5.41, 5.74) is 2.50. The number of anilines is 1. The number of amides is 1. The Hall–Kier alpha value is -2.73. The summed E-state index contributed by atoms with van der Waals surface area (Å²) in [5, 5.41) is 8.49. The van der Waals surface area contributed by atoms with Crippen LogP contribution in [-0.4, -0.2) is 54.3 Å². The first kappa shape index (κ1) is 16.7. The van der Waals surface area contributed by atoms with Gasteiger partial charge in [0.2, 0.25) is 0 Å². The number of methoxy groups -OCH3 is 1. The van der Waals surface area contributed by atoms with Gasteiger partial charge in [0.15, 0.2) is 0 Å². The highest BCUT2D eigenvalue weighted by molar-refractivity contribution is 6.33. The van der Waals surface area contributed by atoms with Crippen LogP contribution in [0.4, 0.5) is 5.69 Å². The summed E-state index contributed by atoms with van der Waals surface area (Å²) < 4.78 is 5.29. The zero-order chi connectivity index (χ0) is 18.1. The number of carbonyl (C=O) groups is 1.